The van der Waals surface area contributed by atoms with Gasteiger partial charge >= 0.3 is 0 Å². The molecule has 0 radical (unpaired) electrons. The van der Waals surface area contributed by atoms with Gasteiger partial charge in [-0.1, -0.05) is 206 Å². The Kier molecular flexibility index (Phi) is 11.0. The molecule has 0 aromatic heterocycles. The molecular formula is C61H46N2. The number of nitrogens with zero attached hydrogens (tertiary/aromatic N) is 2. The fraction of sp³-hybridized carbons (Fsp3) is 0.0164. The van der Waals surface area contributed by atoms with Crippen LogP contribution in [0.5, 0.6) is 0 Å². The zero-order valence-corrected chi connectivity index (χ0v) is 35.0. The SMILES string of the molecule is c1ccc(-c2ccc(C(c3ccc(-c4ccccc4)cc3)(c3ccc(N(c4ccccc4)c4ccccc4)cc3)c3ccc(N(c4ccccc4)c4ccccc4)cc3)cc2)cc1. The van der Waals surface area contributed by atoms with E-state index in [4.69, 9.17) is 0 Å². The summed E-state index contributed by atoms with van der Waals surface area (Å²) in [5.74, 6) is 0. The summed E-state index contributed by atoms with van der Waals surface area (Å²) in [6.45, 7) is 0. The van der Waals surface area contributed by atoms with E-state index in [0.29, 0.717) is 0 Å². The molecule has 0 saturated heterocycles. The molecule has 63 heavy (non-hydrogen) atoms. The molecule has 0 aliphatic carbocycles. The van der Waals surface area contributed by atoms with Crippen LogP contribution in [0.25, 0.3) is 22.3 Å². The van der Waals surface area contributed by atoms with Crippen molar-refractivity contribution in [2.24, 2.45) is 0 Å². The van der Waals surface area contributed by atoms with Gasteiger partial charge in [-0.25, -0.2) is 0 Å². The normalized spacial score (nSPS) is 11.2. The van der Waals surface area contributed by atoms with Crippen LogP contribution in [-0.2, 0) is 5.41 Å². The number of anilines is 6. The molecule has 2 heteroatoms. The second-order valence-electron chi connectivity index (χ2n) is 15.7. The number of hydrogen-bond acceptors (Lipinski definition) is 2. The molecule has 0 fully saturated rings. The van der Waals surface area contributed by atoms with Crippen molar-refractivity contribution in [3.8, 4) is 22.3 Å². The van der Waals surface area contributed by atoms with Crippen molar-refractivity contribution < 1.29 is 0 Å². The number of hydrogen-bond donors (Lipinski definition) is 0. The molecule has 10 rings (SSSR count). The predicted molar refractivity (Wildman–Crippen MR) is 265 cm³/mol. The second-order valence-corrected chi connectivity index (χ2v) is 15.7. The van der Waals surface area contributed by atoms with E-state index >= 15 is 0 Å². The molecule has 0 atom stereocenters. The minimum Gasteiger partial charge on any atom is -0.311 e. The van der Waals surface area contributed by atoms with E-state index in [9.17, 15) is 0 Å². The van der Waals surface area contributed by atoms with Gasteiger partial charge in [-0.05, 0) is 117 Å². The van der Waals surface area contributed by atoms with Gasteiger partial charge in [-0.2, -0.15) is 0 Å². The van der Waals surface area contributed by atoms with Crippen LogP contribution >= 0.6 is 0 Å². The highest BCUT2D eigenvalue weighted by Crippen LogP contribution is 2.48. The van der Waals surface area contributed by atoms with Crippen molar-refractivity contribution in [2.75, 3.05) is 9.80 Å². The molecule has 300 valence electrons. The van der Waals surface area contributed by atoms with Gasteiger partial charge in [0.25, 0.3) is 0 Å². The molecule has 0 N–H and O–H groups in total. The highest BCUT2D eigenvalue weighted by Gasteiger charge is 2.39. The van der Waals surface area contributed by atoms with Crippen molar-refractivity contribution in [1.82, 2.24) is 0 Å². The minimum atomic E-state index is -0.698. The highest BCUT2D eigenvalue weighted by atomic mass is 15.1. The Morgan fingerprint density at radius 2 is 0.365 bits per heavy atom. The Hall–Kier alpha value is -8.20. The van der Waals surface area contributed by atoms with Gasteiger partial charge < -0.3 is 9.80 Å². The van der Waals surface area contributed by atoms with Crippen LogP contribution in [0.1, 0.15) is 22.3 Å². The highest BCUT2D eigenvalue weighted by molar-refractivity contribution is 5.79. The van der Waals surface area contributed by atoms with Crippen molar-refractivity contribution in [2.45, 2.75) is 5.41 Å². The zero-order chi connectivity index (χ0) is 42.3. The number of benzene rings is 10. The van der Waals surface area contributed by atoms with Gasteiger partial charge in [0, 0.05) is 34.1 Å². The van der Waals surface area contributed by atoms with E-state index in [1.165, 1.54) is 44.5 Å². The second kappa shape index (κ2) is 17.8. The third-order valence-corrected chi connectivity index (χ3v) is 12.0. The van der Waals surface area contributed by atoms with Crippen LogP contribution in [0.2, 0.25) is 0 Å². The van der Waals surface area contributed by atoms with Crippen molar-refractivity contribution >= 4 is 34.1 Å². The van der Waals surface area contributed by atoms with Crippen LogP contribution in [0.4, 0.5) is 34.1 Å². The first-order valence-corrected chi connectivity index (χ1v) is 21.6. The molecule has 2 nitrogen and oxygen atoms in total. The molecule has 0 unspecified atom stereocenters. The maximum absolute atomic E-state index is 2.33. The maximum Gasteiger partial charge on any atom is 0.0701 e. The van der Waals surface area contributed by atoms with Gasteiger partial charge in [0.05, 0.1) is 5.41 Å². The van der Waals surface area contributed by atoms with Crippen LogP contribution < -0.4 is 9.80 Å². The van der Waals surface area contributed by atoms with Crippen molar-refractivity contribution in [1.29, 1.82) is 0 Å². The molecule has 0 heterocycles. The molecule has 0 aliphatic rings. The van der Waals surface area contributed by atoms with Crippen LogP contribution in [0.15, 0.2) is 279 Å². The Morgan fingerprint density at radius 3 is 0.619 bits per heavy atom. The largest absolute Gasteiger partial charge is 0.311 e. The average molecular weight is 807 g/mol. The number of rotatable bonds is 12. The van der Waals surface area contributed by atoms with Gasteiger partial charge in [0.15, 0.2) is 0 Å². The fourth-order valence-electron chi connectivity index (χ4n) is 9.01. The van der Waals surface area contributed by atoms with Crippen molar-refractivity contribution in [3.63, 3.8) is 0 Å². The quantitative estimate of drug-likeness (QED) is 0.113. The fourth-order valence-corrected chi connectivity index (χ4v) is 9.01. The first-order valence-electron chi connectivity index (χ1n) is 21.6. The lowest BCUT2D eigenvalue weighted by molar-refractivity contribution is 0.745. The third kappa shape index (κ3) is 7.83. The van der Waals surface area contributed by atoms with Crippen LogP contribution in [-0.4, -0.2) is 0 Å². The summed E-state index contributed by atoms with van der Waals surface area (Å²) in [6, 6.07) is 101. The minimum absolute atomic E-state index is 0.698. The topological polar surface area (TPSA) is 6.48 Å². The van der Waals surface area contributed by atoms with E-state index < -0.39 is 5.41 Å². The summed E-state index contributed by atoms with van der Waals surface area (Å²) < 4.78 is 0. The average Bonchev–Trinajstić information content (AvgIpc) is 3.37. The molecule has 10 aromatic rings. The van der Waals surface area contributed by atoms with E-state index in [-0.39, 0.29) is 0 Å². The zero-order valence-electron chi connectivity index (χ0n) is 35.0. The van der Waals surface area contributed by atoms with E-state index in [0.717, 1.165) is 34.1 Å². The molecule has 0 spiro atoms. The summed E-state index contributed by atoms with van der Waals surface area (Å²) in [5, 5.41) is 0. The van der Waals surface area contributed by atoms with Gasteiger partial charge in [0.2, 0.25) is 0 Å². The summed E-state index contributed by atoms with van der Waals surface area (Å²) >= 11 is 0. The van der Waals surface area contributed by atoms with Gasteiger partial charge in [0.1, 0.15) is 0 Å². The molecule has 10 aromatic carbocycles. The van der Waals surface area contributed by atoms with Gasteiger partial charge in [-0.15, -0.1) is 0 Å². The van der Waals surface area contributed by atoms with Crippen molar-refractivity contribution in [3.05, 3.63) is 301 Å². The maximum atomic E-state index is 2.33. The predicted octanol–water partition coefficient (Wildman–Crippen LogP) is 16.3. The molecule has 0 aliphatic heterocycles. The van der Waals surface area contributed by atoms with Crippen LogP contribution in [0.3, 0.4) is 0 Å². The smallest absolute Gasteiger partial charge is 0.0701 e. The van der Waals surface area contributed by atoms with E-state index in [1.807, 2.05) is 0 Å². The summed E-state index contributed by atoms with van der Waals surface area (Å²) in [6.07, 6.45) is 0. The lowest BCUT2D eigenvalue weighted by atomic mass is 9.65. The molecule has 0 saturated carbocycles. The first kappa shape index (κ1) is 39.0. The summed E-state index contributed by atoms with van der Waals surface area (Å²) in [4.78, 5) is 4.65. The van der Waals surface area contributed by atoms with Gasteiger partial charge in [-0.3, -0.25) is 0 Å². The Morgan fingerprint density at radius 1 is 0.175 bits per heavy atom. The molecule has 0 amide bonds. The monoisotopic (exact) mass is 806 g/mol. The molecular weight excluding hydrogens is 761 g/mol. The standard InChI is InChI=1S/C61H46N2/c1-7-19-47(20-8-1)49-31-35-51(36-32-49)61(52-37-33-50(34-38-52)48-21-9-2-10-22-48,53-39-43-59(44-40-53)62(55-23-11-3-12-24-55)56-25-13-4-14-26-56)54-41-45-60(46-42-54)63(57-27-15-5-16-28-57)58-29-17-6-18-30-58/h1-46H. The Bertz CT molecular complexity index is 2680. The Balaban J connectivity index is 1.19. The first-order chi connectivity index (χ1) is 31.3. The number of para-hydroxylation sites is 4. The lowest BCUT2D eigenvalue weighted by Gasteiger charge is -2.38. The molecule has 0 bridgehead atoms. The van der Waals surface area contributed by atoms with E-state index in [1.54, 1.807) is 0 Å². The summed E-state index contributed by atoms with van der Waals surface area (Å²) in [7, 11) is 0. The van der Waals surface area contributed by atoms with E-state index in [2.05, 4.69) is 289 Å². The third-order valence-electron chi connectivity index (χ3n) is 12.0. The lowest BCUT2D eigenvalue weighted by Crippen LogP contribution is -2.31. The van der Waals surface area contributed by atoms with Crippen LogP contribution in [0, 0.1) is 0 Å². The summed E-state index contributed by atoms with van der Waals surface area (Å²) in [5.41, 5.74) is 15.3. The Labute approximate surface area is 371 Å².